The molecule has 2 atom stereocenters. The van der Waals surface area contributed by atoms with Gasteiger partial charge < -0.3 is 38.7 Å². The highest BCUT2D eigenvalue weighted by atomic mass is 16.6. The van der Waals surface area contributed by atoms with Crippen molar-refractivity contribution in [1.29, 1.82) is 0 Å². The maximum absolute atomic E-state index is 12.0. The summed E-state index contributed by atoms with van der Waals surface area (Å²) in [5.41, 5.74) is 6.72. The summed E-state index contributed by atoms with van der Waals surface area (Å²) in [6.07, 6.45) is 7.50. The summed E-state index contributed by atoms with van der Waals surface area (Å²) in [5.74, 6) is 1.98. The molecule has 6 rings (SSSR count). The summed E-state index contributed by atoms with van der Waals surface area (Å²) in [7, 11) is 0. The smallest absolute Gasteiger partial charge is 0.407 e. The van der Waals surface area contributed by atoms with E-state index in [1.54, 1.807) is 0 Å². The molecule has 0 saturated heterocycles. The number of nitrogens with one attached hydrogen (secondary N) is 2. The first-order chi connectivity index (χ1) is 23.6. The first kappa shape index (κ1) is 36.9. The molecular formula is C40H56N4O6. The van der Waals surface area contributed by atoms with Crippen molar-refractivity contribution in [3.8, 4) is 11.5 Å². The largest absolute Gasteiger partial charge is 0.493 e. The molecule has 2 aromatic heterocycles. The predicted molar refractivity (Wildman–Crippen MR) is 199 cm³/mol. The zero-order chi connectivity index (χ0) is 36.4. The van der Waals surface area contributed by atoms with E-state index >= 15 is 0 Å². The number of amides is 2. The molecule has 2 aliphatic rings. The number of fused-ring (bicyclic) bond motifs is 6. The zero-order valence-corrected chi connectivity index (χ0v) is 31.6. The minimum absolute atomic E-state index is 0.0340. The molecular weight excluding hydrogens is 632 g/mol. The second-order valence-corrected chi connectivity index (χ2v) is 15.5. The fourth-order valence-corrected chi connectivity index (χ4v) is 6.88. The van der Waals surface area contributed by atoms with Crippen LogP contribution in [0.25, 0.3) is 21.8 Å². The number of aryl methyl sites for hydroxylation is 2. The van der Waals surface area contributed by atoms with Gasteiger partial charge in [-0.3, -0.25) is 0 Å². The van der Waals surface area contributed by atoms with Crippen LogP contribution < -0.4 is 20.1 Å². The Balaban J connectivity index is 0.000000194. The lowest BCUT2D eigenvalue weighted by molar-refractivity contribution is 0.0492. The first-order valence-electron chi connectivity index (χ1n) is 18.1. The van der Waals surface area contributed by atoms with E-state index in [1.807, 2.05) is 55.4 Å². The second kappa shape index (κ2) is 14.9. The molecule has 2 N–H and O–H groups in total. The Kier molecular flexibility index (Phi) is 11.0. The van der Waals surface area contributed by atoms with Crippen LogP contribution in [0.3, 0.4) is 0 Å². The average molecular weight is 689 g/mol. The van der Waals surface area contributed by atoms with Gasteiger partial charge in [0.25, 0.3) is 0 Å². The molecule has 0 unspecified atom stereocenters. The van der Waals surface area contributed by atoms with Gasteiger partial charge in [-0.1, -0.05) is 13.8 Å². The fraction of sp³-hybridized carbons (Fsp3) is 0.550. The number of benzene rings is 2. The third-order valence-electron chi connectivity index (χ3n) is 8.82. The van der Waals surface area contributed by atoms with Crippen LogP contribution >= 0.6 is 0 Å². The molecule has 272 valence electrons. The van der Waals surface area contributed by atoms with Crippen molar-refractivity contribution in [2.45, 2.75) is 131 Å². The first-order valence-corrected chi connectivity index (χ1v) is 18.1. The standard InChI is InChI=1S/2C20H28N2O3/c2*1-6-14-12-22(11-13(2)21-19(23)25-20(3,4)5)18-15(14)7-8-17-16(18)9-10-24-17/h2*7-8,12-13H,6,9-11H2,1-5H3,(H,21,23)/t2*13-/m00/s1. The molecule has 4 aromatic rings. The quantitative estimate of drug-likeness (QED) is 0.194. The zero-order valence-electron chi connectivity index (χ0n) is 31.6. The van der Waals surface area contributed by atoms with Crippen LogP contribution in [0.5, 0.6) is 11.5 Å². The summed E-state index contributed by atoms with van der Waals surface area (Å²) in [6, 6.07) is 8.40. The maximum Gasteiger partial charge on any atom is 0.407 e. The van der Waals surface area contributed by atoms with Gasteiger partial charge in [-0.05, 0) is 104 Å². The van der Waals surface area contributed by atoms with E-state index in [0.29, 0.717) is 13.1 Å². The normalized spacial score (nSPS) is 14.9. The van der Waals surface area contributed by atoms with Crippen molar-refractivity contribution in [2.24, 2.45) is 0 Å². The lowest BCUT2D eigenvalue weighted by Crippen LogP contribution is -2.39. The van der Waals surface area contributed by atoms with Crippen LogP contribution in [0, 0.1) is 0 Å². The van der Waals surface area contributed by atoms with Crippen LogP contribution in [-0.4, -0.2) is 57.8 Å². The minimum Gasteiger partial charge on any atom is -0.493 e. The Morgan fingerprint density at radius 2 is 1.08 bits per heavy atom. The Morgan fingerprint density at radius 3 is 1.42 bits per heavy atom. The Morgan fingerprint density at radius 1 is 0.700 bits per heavy atom. The van der Waals surface area contributed by atoms with Gasteiger partial charge in [0.1, 0.15) is 22.7 Å². The van der Waals surface area contributed by atoms with Crippen molar-refractivity contribution in [3.05, 3.63) is 58.9 Å². The number of aromatic nitrogens is 2. The molecule has 2 aromatic carbocycles. The molecule has 0 spiro atoms. The van der Waals surface area contributed by atoms with Crippen molar-refractivity contribution in [3.63, 3.8) is 0 Å². The molecule has 2 aliphatic heterocycles. The fourth-order valence-electron chi connectivity index (χ4n) is 6.88. The molecule has 10 nitrogen and oxygen atoms in total. The number of alkyl carbamates (subject to hydrolysis) is 2. The van der Waals surface area contributed by atoms with E-state index in [9.17, 15) is 9.59 Å². The van der Waals surface area contributed by atoms with E-state index in [4.69, 9.17) is 18.9 Å². The number of nitrogens with zero attached hydrogens (tertiary/aromatic N) is 2. The van der Waals surface area contributed by atoms with E-state index in [2.05, 4.69) is 70.3 Å². The lowest BCUT2D eigenvalue weighted by Gasteiger charge is -2.22. The Bertz CT molecular complexity index is 1710. The van der Waals surface area contributed by atoms with Crippen LogP contribution in [0.2, 0.25) is 0 Å². The Labute approximate surface area is 296 Å². The summed E-state index contributed by atoms with van der Waals surface area (Å²) in [6.45, 7) is 22.4. The number of ether oxygens (including phenoxy) is 4. The summed E-state index contributed by atoms with van der Waals surface area (Å²) >= 11 is 0. The molecule has 0 radical (unpaired) electrons. The van der Waals surface area contributed by atoms with Crippen molar-refractivity contribution in [2.75, 3.05) is 13.2 Å². The molecule has 0 bridgehead atoms. The summed E-state index contributed by atoms with van der Waals surface area (Å²) in [4.78, 5) is 24.0. The van der Waals surface area contributed by atoms with Gasteiger partial charge in [-0.15, -0.1) is 0 Å². The number of carbonyl (C=O) groups excluding carboxylic acids is 2. The highest BCUT2D eigenvalue weighted by Crippen LogP contribution is 2.36. The van der Waals surface area contributed by atoms with Gasteiger partial charge >= 0.3 is 12.2 Å². The SMILES string of the molecule is CCc1cn(C[C@H](C)NC(=O)OC(C)(C)C)c2c3c(ccc12)OCC3.CCc1cn(C[C@H](C)NC(=O)OC(C)(C)C)c2c3c(ccc12)OCC3. The maximum atomic E-state index is 12.0. The van der Waals surface area contributed by atoms with Gasteiger partial charge in [0.2, 0.25) is 0 Å². The van der Waals surface area contributed by atoms with Gasteiger partial charge in [0.15, 0.2) is 0 Å². The van der Waals surface area contributed by atoms with Gasteiger partial charge in [0, 0.05) is 72.3 Å². The summed E-state index contributed by atoms with van der Waals surface area (Å²) < 4.78 is 26.7. The van der Waals surface area contributed by atoms with E-state index in [1.165, 1.54) is 44.1 Å². The van der Waals surface area contributed by atoms with Crippen molar-refractivity contribution >= 4 is 34.0 Å². The van der Waals surface area contributed by atoms with Crippen LogP contribution in [0.15, 0.2) is 36.7 Å². The molecule has 50 heavy (non-hydrogen) atoms. The molecule has 0 saturated carbocycles. The lowest BCUT2D eigenvalue weighted by atomic mass is 10.1. The number of hydrogen-bond donors (Lipinski definition) is 2. The van der Waals surface area contributed by atoms with Crippen molar-refractivity contribution < 1.29 is 28.5 Å². The Hall–Kier alpha value is -4.34. The second-order valence-electron chi connectivity index (χ2n) is 15.5. The van der Waals surface area contributed by atoms with E-state index in [-0.39, 0.29) is 24.3 Å². The van der Waals surface area contributed by atoms with Gasteiger partial charge in [0.05, 0.1) is 24.2 Å². The predicted octanol–water partition coefficient (Wildman–Crippen LogP) is 8.10. The van der Waals surface area contributed by atoms with Gasteiger partial charge in [-0.25, -0.2) is 9.59 Å². The highest BCUT2D eigenvalue weighted by Gasteiger charge is 2.24. The monoisotopic (exact) mass is 688 g/mol. The highest BCUT2D eigenvalue weighted by molar-refractivity contribution is 5.90. The van der Waals surface area contributed by atoms with Gasteiger partial charge in [-0.2, -0.15) is 0 Å². The molecule has 2 amide bonds. The van der Waals surface area contributed by atoms with E-state index < -0.39 is 11.2 Å². The number of hydrogen-bond acceptors (Lipinski definition) is 6. The van der Waals surface area contributed by atoms with Crippen LogP contribution in [0.1, 0.15) is 91.5 Å². The average Bonchev–Trinajstić information content (AvgIpc) is 3.79. The number of rotatable bonds is 8. The topological polar surface area (TPSA) is 105 Å². The molecule has 0 aliphatic carbocycles. The summed E-state index contributed by atoms with van der Waals surface area (Å²) in [5, 5.41) is 8.44. The third-order valence-corrected chi connectivity index (χ3v) is 8.82. The van der Waals surface area contributed by atoms with Crippen LogP contribution in [-0.2, 0) is 48.2 Å². The molecule has 4 heterocycles. The van der Waals surface area contributed by atoms with Crippen LogP contribution in [0.4, 0.5) is 9.59 Å². The third kappa shape index (κ3) is 8.68. The van der Waals surface area contributed by atoms with E-state index in [0.717, 1.165) is 50.4 Å². The number of carbonyl (C=O) groups is 2. The molecule has 0 fully saturated rings. The minimum atomic E-state index is -0.489. The van der Waals surface area contributed by atoms with Crippen molar-refractivity contribution in [1.82, 2.24) is 19.8 Å². The molecule has 10 heteroatoms.